The molecule has 2 rings (SSSR count). The van der Waals surface area contributed by atoms with Crippen molar-refractivity contribution in [2.75, 3.05) is 18.0 Å². The van der Waals surface area contributed by atoms with E-state index in [-0.39, 0.29) is 5.82 Å². The zero-order valence-corrected chi connectivity index (χ0v) is 11.5. The van der Waals surface area contributed by atoms with E-state index in [4.69, 9.17) is 6.42 Å². The van der Waals surface area contributed by atoms with E-state index in [0.717, 1.165) is 12.2 Å². The standard InChI is InChI=1S/C16H20FNO/c1-4-7-18(10-13-5-6-13)16-8-11(2)15(17)9-14(16)12(3)19/h1,8-9,12-13,19H,5-7,10H2,2-3H3/t12-/m1/s1. The third-order valence-corrected chi connectivity index (χ3v) is 3.56. The van der Waals surface area contributed by atoms with Crippen molar-refractivity contribution in [3.8, 4) is 12.3 Å². The SMILES string of the molecule is C#CCN(CC1CC1)c1cc(C)c(F)cc1[C@@H](C)O. The van der Waals surface area contributed by atoms with E-state index >= 15 is 0 Å². The lowest BCUT2D eigenvalue weighted by atomic mass is 10.0. The topological polar surface area (TPSA) is 23.5 Å². The van der Waals surface area contributed by atoms with Crippen molar-refractivity contribution < 1.29 is 9.50 Å². The maximum Gasteiger partial charge on any atom is 0.126 e. The number of terminal acetylenes is 1. The van der Waals surface area contributed by atoms with Gasteiger partial charge in [-0.3, -0.25) is 0 Å². The van der Waals surface area contributed by atoms with E-state index in [2.05, 4.69) is 10.8 Å². The molecule has 102 valence electrons. The molecule has 1 aromatic rings. The molecule has 1 atom stereocenters. The second kappa shape index (κ2) is 5.63. The third kappa shape index (κ3) is 3.27. The van der Waals surface area contributed by atoms with Crippen molar-refractivity contribution in [2.45, 2.75) is 32.8 Å². The van der Waals surface area contributed by atoms with Crippen LogP contribution >= 0.6 is 0 Å². The van der Waals surface area contributed by atoms with Crippen molar-refractivity contribution in [3.63, 3.8) is 0 Å². The fourth-order valence-electron chi connectivity index (χ4n) is 2.26. The molecular formula is C16H20FNO. The fourth-order valence-corrected chi connectivity index (χ4v) is 2.26. The van der Waals surface area contributed by atoms with Crippen LogP contribution in [-0.2, 0) is 0 Å². The molecule has 0 unspecified atom stereocenters. The maximum atomic E-state index is 13.7. The van der Waals surface area contributed by atoms with Crippen LogP contribution < -0.4 is 4.90 Å². The molecule has 0 aromatic heterocycles. The Morgan fingerprint density at radius 2 is 2.21 bits per heavy atom. The molecule has 1 aliphatic carbocycles. The number of aliphatic hydroxyl groups excluding tert-OH is 1. The largest absolute Gasteiger partial charge is 0.389 e. The van der Waals surface area contributed by atoms with Crippen LogP contribution in [0, 0.1) is 31.0 Å². The van der Waals surface area contributed by atoms with Gasteiger partial charge in [-0.15, -0.1) is 6.42 Å². The number of nitrogens with zero attached hydrogens (tertiary/aromatic N) is 1. The summed E-state index contributed by atoms with van der Waals surface area (Å²) in [6.45, 7) is 4.75. The monoisotopic (exact) mass is 261 g/mol. The van der Waals surface area contributed by atoms with Gasteiger partial charge in [0, 0.05) is 17.8 Å². The van der Waals surface area contributed by atoms with Crippen molar-refractivity contribution in [2.24, 2.45) is 5.92 Å². The number of halogens is 1. The molecule has 1 fully saturated rings. The summed E-state index contributed by atoms with van der Waals surface area (Å²) in [6, 6.07) is 3.21. The normalized spacial score (nSPS) is 15.9. The first-order chi connectivity index (χ1) is 9.02. The fraction of sp³-hybridized carbons (Fsp3) is 0.500. The lowest BCUT2D eigenvalue weighted by Gasteiger charge is -2.27. The number of benzene rings is 1. The molecule has 3 heteroatoms. The second-order valence-electron chi connectivity index (χ2n) is 5.36. The van der Waals surface area contributed by atoms with Gasteiger partial charge in [0.15, 0.2) is 0 Å². The summed E-state index contributed by atoms with van der Waals surface area (Å²) in [5.41, 5.74) is 2.05. The number of rotatable bonds is 5. The Kier molecular flexibility index (Phi) is 4.11. The van der Waals surface area contributed by atoms with Gasteiger partial charge >= 0.3 is 0 Å². The van der Waals surface area contributed by atoms with Crippen LogP contribution in [0.25, 0.3) is 0 Å². The van der Waals surface area contributed by atoms with Crippen molar-refractivity contribution in [1.82, 2.24) is 0 Å². The molecular weight excluding hydrogens is 241 g/mol. The Hall–Kier alpha value is -1.53. The van der Waals surface area contributed by atoms with Gasteiger partial charge in [0.1, 0.15) is 5.82 Å². The van der Waals surface area contributed by atoms with Gasteiger partial charge < -0.3 is 10.0 Å². The van der Waals surface area contributed by atoms with Crippen molar-refractivity contribution >= 4 is 5.69 Å². The molecule has 0 heterocycles. The molecule has 19 heavy (non-hydrogen) atoms. The van der Waals surface area contributed by atoms with E-state index in [9.17, 15) is 9.50 Å². The average Bonchev–Trinajstić information content (AvgIpc) is 3.15. The van der Waals surface area contributed by atoms with Crippen molar-refractivity contribution in [1.29, 1.82) is 0 Å². The van der Waals surface area contributed by atoms with Gasteiger partial charge in [-0.05, 0) is 50.3 Å². The highest BCUT2D eigenvalue weighted by molar-refractivity contribution is 5.57. The zero-order chi connectivity index (χ0) is 14.0. The minimum atomic E-state index is -0.704. The van der Waals surface area contributed by atoms with Crippen molar-refractivity contribution in [3.05, 3.63) is 29.1 Å². The summed E-state index contributed by atoms with van der Waals surface area (Å²) in [7, 11) is 0. The van der Waals surface area contributed by atoms with E-state index in [1.54, 1.807) is 19.9 Å². The van der Waals surface area contributed by atoms with Crippen LogP contribution in [0.5, 0.6) is 0 Å². The van der Waals surface area contributed by atoms with Gasteiger partial charge in [-0.25, -0.2) is 4.39 Å². The lowest BCUT2D eigenvalue weighted by molar-refractivity contribution is 0.199. The van der Waals surface area contributed by atoms with Gasteiger partial charge in [-0.2, -0.15) is 0 Å². The smallest absolute Gasteiger partial charge is 0.126 e. The van der Waals surface area contributed by atoms with Gasteiger partial charge in [-0.1, -0.05) is 5.92 Å². The van der Waals surface area contributed by atoms with Crippen LogP contribution in [-0.4, -0.2) is 18.2 Å². The molecule has 0 amide bonds. The summed E-state index contributed by atoms with van der Waals surface area (Å²) in [5, 5.41) is 9.84. The Morgan fingerprint density at radius 3 is 2.74 bits per heavy atom. The Balaban J connectivity index is 2.38. The lowest BCUT2D eigenvalue weighted by Crippen LogP contribution is -2.27. The minimum absolute atomic E-state index is 0.285. The van der Waals surface area contributed by atoms with Crippen LogP contribution in [0.15, 0.2) is 12.1 Å². The molecule has 0 radical (unpaired) electrons. The Bertz CT molecular complexity index is 500. The predicted molar refractivity (Wildman–Crippen MR) is 75.5 cm³/mol. The van der Waals surface area contributed by atoms with E-state index in [1.165, 1.54) is 18.9 Å². The molecule has 1 aliphatic rings. The first kappa shape index (κ1) is 13.9. The average molecular weight is 261 g/mol. The molecule has 1 aromatic carbocycles. The highest BCUT2D eigenvalue weighted by atomic mass is 19.1. The van der Waals surface area contributed by atoms with E-state index in [1.807, 2.05) is 0 Å². The number of aliphatic hydroxyl groups is 1. The highest BCUT2D eigenvalue weighted by Gasteiger charge is 2.26. The molecule has 1 saturated carbocycles. The molecule has 1 N–H and O–H groups in total. The maximum absolute atomic E-state index is 13.7. The Morgan fingerprint density at radius 1 is 1.53 bits per heavy atom. The molecule has 0 bridgehead atoms. The molecule has 2 nitrogen and oxygen atoms in total. The molecule has 0 saturated heterocycles. The van der Waals surface area contributed by atoms with E-state index in [0.29, 0.717) is 23.6 Å². The number of hydrogen-bond acceptors (Lipinski definition) is 2. The predicted octanol–water partition coefficient (Wildman–Crippen LogP) is 3.04. The second-order valence-corrected chi connectivity index (χ2v) is 5.36. The van der Waals surface area contributed by atoms with Gasteiger partial charge in [0.25, 0.3) is 0 Å². The van der Waals surface area contributed by atoms with Crippen LogP contribution in [0.1, 0.15) is 37.0 Å². The van der Waals surface area contributed by atoms with Crippen LogP contribution in [0.2, 0.25) is 0 Å². The first-order valence-corrected chi connectivity index (χ1v) is 6.69. The molecule has 0 aliphatic heterocycles. The van der Waals surface area contributed by atoms with Crippen LogP contribution in [0.4, 0.5) is 10.1 Å². The summed E-state index contributed by atoms with van der Waals surface area (Å²) in [4.78, 5) is 2.08. The number of anilines is 1. The van der Waals surface area contributed by atoms with Crippen LogP contribution in [0.3, 0.4) is 0 Å². The summed E-state index contributed by atoms with van der Waals surface area (Å²) in [5.74, 6) is 3.05. The number of aryl methyl sites for hydroxylation is 1. The summed E-state index contributed by atoms with van der Waals surface area (Å²) >= 11 is 0. The summed E-state index contributed by atoms with van der Waals surface area (Å²) < 4.78 is 13.7. The zero-order valence-electron chi connectivity index (χ0n) is 11.5. The molecule has 0 spiro atoms. The quantitative estimate of drug-likeness (QED) is 0.824. The first-order valence-electron chi connectivity index (χ1n) is 6.69. The van der Waals surface area contributed by atoms with Gasteiger partial charge in [0.2, 0.25) is 0 Å². The highest BCUT2D eigenvalue weighted by Crippen LogP contribution is 2.34. The third-order valence-electron chi connectivity index (χ3n) is 3.56. The number of hydrogen-bond donors (Lipinski definition) is 1. The minimum Gasteiger partial charge on any atom is -0.389 e. The van der Waals surface area contributed by atoms with E-state index < -0.39 is 6.10 Å². The Labute approximate surface area is 114 Å². The van der Waals surface area contributed by atoms with Gasteiger partial charge in [0.05, 0.1) is 12.6 Å². The summed E-state index contributed by atoms with van der Waals surface area (Å²) in [6.07, 6.45) is 7.18.